The van der Waals surface area contributed by atoms with Gasteiger partial charge in [-0.1, -0.05) is 29.8 Å². The van der Waals surface area contributed by atoms with Gasteiger partial charge in [0.25, 0.3) is 5.56 Å². The number of nitrogens with zero attached hydrogens (tertiary/aromatic N) is 2. The van der Waals surface area contributed by atoms with E-state index >= 15 is 0 Å². The Labute approximate surface area is 172 Å². The molecule has 150 valence electrons. The number of aryl methyl sites for hydroxylation is 2. The average molecular weight is 432 g/mol. The highest BCUT2D eigenvalue weighted by molar-refractivity contribution is 7.91. The van der Waals surface area contributed by atoms with Gasteiger partial charge in [0.1, 0.15) is 6.54 Å². The minimum absolute atomic E-state index is 0.0143. The summed E-state index contributed by atoms with van der Waals surface area (Å²) in [5.74, 6) is -0.488. The zero-order chi connectivity index (χ0) is 21.2. The molecule has 0 aliphatic heterocycles. The van der Waals surface area contributed by atoms with Crippen LogP contribution in [0.5, 0.6) is 0 Å². The quantitative estimate of drug-likeness (QED) is 0.669. The zero-order valence-electron chi connectivity index (χ0n) is 15.7. The Balaban J connectivity index is 1.89. The first-order valence-electron chi connectivity index (χ1n) is 8.63. The molecule has 0 radical (unpaired) electrons. The van der Waals surface area contributed by atoms with E-state index in [1.165, 1.54) is 24.3 Å². The number of hydrogen-bond acceptors (Lipinski definition) is 5. The molecule has 0 bridgehead atoms. The summed E-state index contributed by atoms with van der Waals surface area (Å²) in [5.41, 5.74) is 1.81. The van der Waals surface area contributed by atoms with Crippen molar-refractivity contribution in [1.29, 1.82) is 0 Å². The highest BCUT2D eigenvalue weighted by atomic mass is 35.5. The summed E-state index contributed by atoms with van der Waals surface area (Å²) in [4.78, 5) is 24.5. The van der Waals surface area contributed by atoms with Gasteiger partial charge in [-0.3, -0.25) is 9.59 Å². The first kappa shape index (κ1) is 20.8. The predicted molar refractivity (Wildman–Crippen MR) is 110 cm³/mol. The Morgan fingerprint density at radius 3 is 2.28 bits per heavy atom. The molecule has 2 aromatic carbocycles. The number of carbonyl (C=O) groups is 1. The van der Waals surface area contributed by atoms with E-state index in [2.05, 4.69) is 10.4 Å². The molecule has 1 heterocycles. The maximum Gasteiger partial charge on any atom is 0.267 e. The summed E-state index contributed by atoms with van der Waals surface area (Å²) in [7, 11) is -3.96. The molecule has 1 aromatic heterocycles. The molecular formula is C20H18ClN3O4S. The molecule has 3 rings (SSSR count). The van der Waals surface area contributed by atoms with Crippen LogP contribution < -0.4 is 10.9 Å². The summed E-state index contributed by atoms with van der Waals surface area (Å²) < 4.78 is 26.3. The first-order valence-corrected chi connectivity index (χ1v) is 10.5. The highest BCUT2D eigenvalue weighted by Crippen LogP contribution is 2.21. The maximum absolute atomic E-state index is 12.8. The van der Waals surface area contributed by atoms with E-state index in [0.29, 0.717) is 10.7 Å². The Morgan fingerprint density at radius 1 is 1.03 bits per heavy atom. The number of hydrogen-bond donors (Lipinski definition) is 1. The van der Waals surface area contributed by atoms with Gasteiger partial charge in [0.15, 0.2) is 5.03 Å². The number of aromatic nitrogens is 2. The summed E-state index contributed by atoms with van der Waals surface area (Å²) in [5, 5.41) is 6.70. The van der Waals surface area contributed by atoms with Crippen molar-refractivity contribution in [2.75, 3.05) is 5.32 Å². The van der Waals surface area contributed by atoms with Crippen LogP contribution in [0.3, 0.4) is 0 Å². The van der Waals surface area contributed by atoms with E-state index in [-0.39, 0.29) is 9.92 Å². The van der Waals surface area contributed by atoms with Gasteiger partial charge in [-0.2, -0.15) is 5.10 Å². The smallest absolute Gasteiger partial charge is 0.267 e. The number of para-hydroxylation sites is 1. The van der Waals surface area contributed by atoms with Crippen LogP contribution in [0.1, 0.15) is 11.1 Å². The molecule has 1 N–H and O–H groups in total. The second kappa shape index (κ2) is 8.18. The van der Waals surface area contributed by atoms with Gasteiger partial charge in [-0.05, 0) is 55.3 Å². The Kier molecular flexibility index (Phi) is 5.86. The number of amides is 1. The lowest BCUT2D eigenvalue weighted by molar-refractivity contribution is -0.117. The lowest BCUT2D eigenvalue weighted by Gasteiger charge is -2.12. The molecule has 0 saturated carbocycles. The van der Waals surface area contributed by atoms with Crippen molar-refractivity contribution in [1.82, 2.24) is 9.78 Å². The van der Waals surface area contributed by atoms with E-state index in [4.69, 9.17) is 11.6 Å². The Morgan fingerprint density at radius 2 is 1.66 bits per heavy atom. The second-order valence-corrected chi connectivity index (χ2v) is 8.77. The molecule has 7 nitrogen and oxygen atoms in total. The molecule has 29 heavy (non-hydrogen) atoms. The lowest BCUT2D eigenvalue weighted by atomic mass is 10.1. The zero-order valence-corrected chi connectivity index (χ0v) is 17.3. The maximum atomic E-state index is 12.8. The van der Waals surface area contributed by atoms with Crippen molar-refractivity contribution < 1.29 is 13.2 Å². The number of benzene rings is 2. The summed E-state index contributed by atoms with van der Waals surface area (Å²) in [6.45, 7) is 3.29. The molecule has 9 heteroatoms. The summed E-state index contributed by atoms with van der Waals surface area (Å²) >= 11 is 5.80. The fourth-order valence-electron chi connectivity index (χ4n) is 2.75. The van der Waals surface area contributed by atoms with Gasteiger partial charge in [-0.25, -0.2) is 13.1 Å². The van der Waals surface area contributed by atoms with E-state index in [1.54, 1.807) is 0 Å². The number of anilines is 1. The molecule has 0 saturated heterocycles. The lowest BCUT2D eigenvalue weighted by Crippen LogP contribution is -2.30. The van der Waals surface area contributed by atoms with Crippen molar-refractivity contribution in [2.45, 2.75) is 30.3 Å². The van der Waals surface area contributed by atoms with Crippen molar-refractivity contribution in [3.05, 3.63) is 81.1 Å². The SMILES string of the molecule is Cc1cccc(C)c1NC(=O)Cn1nc(S(=O)(=O)c2ccc(Cl)cc2)ccc1=O. The minimum Gasteiger partial charge on any atom is -0.324 e. The fraction of sp³-hybridized carbons (Fsp3) is 0.150. The van der Waals surface area contributed by atoms with E-state index in [9.17, 15) is 18.0 Å². The summed E-state index contributed by atoms with van der Waals surface area (Å²) in [6.07, 6.45) is 0. The van der Waals surface area contributed by atoms with E-state index in [1.807, 2.05) is 32.0 Å². The number of nitrogens with one attached hydrogen (secondary N) is 1. The highest BCUT2D eigenvalue weighted by Gasteiger charge is 2.21. The molecule has 0 atom stereocenters. The van der Waals surface area contributed by atoms with Crippen LogP contribution in [-0.4, -0.2) is 24.1 Å². The van der Waals surface area contributed by atoms with E-state index in [0.717, 1.165) is 27.9 Å². The predicted octanol–water partition coefficient (Wildman–Crippen LogP) is 2.99. The third-order valence-corrected chi connectivity index (χ3v) is 6.19. The van der Waals surface area contributed by atoms with Crippen LogP contribution in [0.25, 0.3) is 0 Å². The third-order valence-electron chi connectivity index (χ3n) is 4.28. The van der Waals surface area contributed by atoms with Crippen molar-refractivity contribution in [3.63, 3.8) is 0 Å². The second-order valence-electron chi connectivity index (χ2n) is 6.44. The molecule has 0 fully saturated rings. The van der Waals surface area contributed by atoms with Crippen molar-refractivity contribution in [2.24, 2.45) is 0 Å². The normalized spacial score (nSPS) is 11.3. The number of halogens is 1. The fourth-order valence-corrected chi connectivity index (χ4v) is 4.06. The Hall–Kier alpha value is -2.97. The third kappa shape index (κ3) is 4.55. The molecule has 1 amide bonds. The van der Waals surface area contributed by atoms with Gasteiger partial charge in [0, 0.05) is 16.8 Å². The molecule has 0 aliphatic carbocycles. The molecule has 3 aromatic rings. The molecule has 0 unspecified atom stereocenters. The van der Waals surface area contributed by atoms with Gasteiger partial charge < -0.3 is 5.32 Å². The molecule has 0 aliphatic rings. The number of carbonyl (C=O) groups excluding carboxylic acids is 1. The molecular weight excluding hydrogens is 414 g/mol. The minimum atomic E-state index is -3.96. The van der Waals surface area contributed by atoms with Crippen molar-refractivity contribution in [3.8, 4) is 0 Å². The standard InChI is InChI=1S/C20H18ClN3O4S/c1-13-4-3-5-14(2)20(13)22-17(25)12-24-19(26)11-10-18(23-24)29(27,28)16-8-6-15(21)7-9-16/h3-11H,12H2,1-2H3,(H,22,25). The first-order chi connectivity index (χ1) is 13.7. The Bertz CT molecular complexity index is 1220. The van der Waals surface area contributed by atoms with Crippen LogP contribution in [-0.2, 0) is 21.2 Å². The van der Waals surface area contributed by atoms with Gasteiger partial charge in [0.2, 0.25) is 15.7 Å². The van der Waals surface area contributed by atoms with Crippen LogP contribution >= 0.6 is 11.6 Å². The van der Waals surface area contributed by atoms with Gasteiger partial charge in [0.05, 0.1) is 4.90 Å². The van der Waals surface area contributed by atoms with Gasteiger partial charge in [-0.15, -0.1) is 0 Å². The number of sulfone groups is 1. The van der Waals surface area contributed by atoms with E-state index < -0.39 is 27.8 Å². The van der Waals surface area contributed by atoms with Crippen LogP contribution in [0.2, 0.25) is 5.02 Å². The topological polar surface area (TPSA) is 98.1 Å². The molecule has 0 spiro atoms. The van der Waals surface area contributed by atoms with Crippen molar-refractivity contribution >= 4 is 33.0 Å². The largest absolute Gasteiger partial charge is 0.324 e. The average Bonchev–Trinajstić information content (AvgIpc) is 2.67. The number of rotatable bonds is 5. The van der Waals surface area contributed by atoms with Crippen LogP contribution in [0.4, 0.5) is 5.69 Å². The van der Waals surface area contributed by atoms with Crippen LogP contribution in [0, 0.1) is 13.8 Å². The van der Waals surface area contributed by atoms with Gasteiger partial charge >= 0.3 is 0 Å². The van der Waals surface area contributed by atoms with Crippen LogP contribution in [0.15, 0.2) is 69.3 Å². The monoisotopic (exact) mass is 431 g/mol. The summed E-state index contributed by atoms with van der Waals surface area (Å²) in [6, 6.07) is 13.4.